The summed E-state index contributed by atoms with van der Waals surface area (Å²) in [7, 11) is 0. The minimum atomic E-state index is -0.525. The number of nitrogens with one attached hydrogen (secondary N) is 1. The van der Waals surface area contributed by atoms with Gasteiger partial charge in [-0.2, -0.15) is 9.97 Å². The lowest BCUT2D eigenvalue weighted by Crippen LogP contribution is -2.51. The molecule has 2 atom stereocenters. The summed E-state index contributed by atoms with van der Waals surface area (Å²) in [5.41, 5.74) is 1.39. The largest absolute Gasteiger partial charge is 0.508 e. The molecule has 3 aromatic carbocycles. The number of phenols is 1. The van der Waals surface area contributed by atoms with Gasteiger partial charge in [-0.15, -0.1) is 6.42 Å². The first-order valence-electron chi connectivity index (χ1n) is 15.8. The van der Waals surface area contributed by atoms with E-state index >= 15 is 4.39 Å². The first kappa shape index (κ1) is 28.8. The van der Waals surface area contributed by atoms with E-state index in [4.69, 9.17) is 37.5 Å². The Morgan fingerprint density at radius 2 is 1.87 bits per heavy atom. The lowest BCUT2D eigenvalue weighted by atomic mass is 9.93. The smallest absolute Gasteiger partial charge is 0.319 e. The van der Waals surface area contributed by atoms with Crippen molar-refractivity contribution in [1.82, 2.24) is 20.2 Å². The van der Waals surface area contributed by atoms with E-state index in [1.54, 1.807) is 24.3 Å². The van der Waals surface area contributed by atoms with Crippen LogP contribution in [0, 0.1) is 23.6 Å². The highest BCUT2D eigenvalue weighted by Crippen LogP contribution is 2.47. The lowest BCUT2D eigenvalue weighted by Gasteiger charge is -2.34. The van der Waals surface area contributed by atoms with E-state index in [1.807, 2.05) is 6.07 Å². The van der Waals surface area contributed by atoms with Crippen LogP contribution < -0.4 is 15.0 Å². The van der Waals surface area contributed by atoms with E-state index in [9.17, 15) is 5.11 Å². The summed E-state index contributed by atoms with van der Waals surface area (Å²) in [6, 6.07) is 11.1. The molecule has 4 heterocycles. The fourth-order valence-electron chi connectivity index (χ4n) is 7.36. The van der Waals surface area contributed by atoms with Crippen molar-refractivity contribution in [3.63, 3.8) is 0 Å². The van der Waals surface area contributed by atoms with Gasteiger partial charge in [0.1, 0.15) is 17.1 Å². The van der Waals surface area contributed by atoms with Gasteiger partial charge in [-0.3, -0.25) is 4.90 Å². The van der Waals surface area contributed by atoms with E-state index in [0.717, 1.165) is 71.6 Å². The van der Waals surface area contributed by atoms with Gasteiger partial charge in [0.2, 0.25) is 0 Å². The average Bonchev–Trinajstić information content (AvgIpc) is 3.73. The fourth-order valence-corrected chi connectivity index (χ4v) is 7.58. The molecule has 1 aromatic heterocycles. The van der Waals surface area contributed by atoms with Gasteiger partial charge in [-0.1, -0.05) is 29.7 Å². The predicted molar refractivity (Wildman–Crippen MR) is 174 cm³/mol. The molecular weight excluding hydrogens is 593 g/mol. The Bertz CT molecular complexity index is 1840. The van der Waals surface area contributed by atoms with E-state index < -0.39 is 5.82 Å². The molecule has 232 valence electrons. The third-order valence-corrected chi connectivity index (χ3v) is 10.2. The molecule has 3 aliphatic heterocycles. The number of terminal acetylenes is 1. The number of benzene rings is 3. The molecule has 2 bridgehead atoms. The molecule has 3 saturated heterocycles. The Labute approximate surface area is 266 Å². The van der Waals surface area contributed by atoms with Crippen LogP contribution in [-0.2, 0) is 4.74 Å². The number of aromatic hydroxyl groups is 1. The maximum absolute atomic E-state index is 16.9. The van der Waals surface area contributed by atoms with E-state index in [-0.39, 0.29) is 28.3 Å². The summed E-state index contributed by atoms with van der Waals surface area (Å²) in [4.78, 5) is 14.3. The number of hydrogen-bond acceptors (Lipinski definition) is 8. The number of piperazine rings is 1. The molecular formula is C35H35ClFN5O3. The van der Waals surface area contributed by atoms with Crippen molar-refractivity contribution in [2.45, 2.75) is 37.8 Å². The van der Waals surface area contributed by atoms with E-state index in [2.05, 4.69) is 21.0 Å². The van der Waals surface area contributed by atoms with Crippen molar-refractivity contribution in [3.05, 3.63) is 52.8 Å². The Hall–Kier alpha value is -3.68. The quantitative estimate of drug-likeness (QED) is 0.265. The zero-order chi connectivity index (χ0) is 30.7. The number of phenolic OH excluding ortho intramolecular Hbond substituents is 1. The average molecular weight is 628 g/mol. The van der Waals surface area contributed by atoms with E-state index in [1.165, 1.54) is 6.07 Å². The zero-order valence-corrected chi connectivity index (χ0v) is 25.7. The molecule has 4 fully saturated rings. The number of anilines is 1. The van der Waals surface area contributed by atoms with Crippen LogP contribution in [0.4, 0.5) is 10.2 Å². The van der Waals surface area contributed by atoms with Gasteiger partial charge in [-0.25, -0.2) is 4.39 Å². The molecule has 0 radical (unpaired) electrons. The van der Waals surface area contributed by atoms with Crippen LogP contribution >= 0.6 is 11.6 Å². The normalized spacial score (nSPS) is 22.6. The number of ether oxygens (including phenoxy) is 2. The maximum Gasteiger partial charge on any atom is 0.319 e. The first-order valence-corrected chi connectivity index (χ1v) is 16.1. The first-order chi connectivity index (χ1) is 21.9. The number of nitrogens with zero attached hydrogens (tertiary/aromatic N) is 4. The van der Waals surface area contributed by atoms with Crippen molar-refractivity contribution in [2.75, 3.05) is 57.4 Å². The van der Waals surface area contributed by atoms with Crippen LogP contribution in [0.5, 0.6) is 11.8 Å². The van der Waals surface area contributed by atoms with Crippen LogP contribution in [0.2, 0.25) is 5.02 Å². The minimum absolute atomic E-state index is 0.000908. The number of rotatable bonds is 7. The summed E-state index contributed by atoms with van der Waals surface area (Å²) < 4.78 is 28.8. The lowest BCUT2D eigenvalue weighted by molar-refractivity contribution is 0.0231. The second-order valence-electron chi connectivity index (χ2n) is 13.0. The Kier molecular flexibility index (Phi) is 7.22. The monoisotopic (exact) mass is 627 g/mol. The maximum atomic E-state index is 16.9. The second kappa shape index (κ2) is 11.3. The number of hydrogen-bond donors (Lipinski definition) is 2. The van der Waals surface area contributed by atoms with Crippen molar-refractivity contribution < 1.29 is 19.0 Å². The molecule has 2 unspecified atom stereocenters. The van der Waals surface area contributed by atoms with Crippen LogP contribution in [0.15, 0.2) is 36.4 Å². The molecule has 1 saturated carbocycles. The number of aromatic nitrogens is 2. The van der Waals surface area contributed by atoms with Crippen molar-refractivity contribution in [2.24, 2.45) is 5.41 Å². The summed E-state index contributed by atoms with van der Waals surface area (Å²) in [5.74, 6) is 2.82. The summed E-state index contributed by atoms with van der Waals surface area (Å²) >= 11 is 6.48. The molecule has 0 spiro atoms. The van der Waals surface area contributed by atoms with Crippen molar-refractivity contribution in [1.29, 1.82) is 0 Å². The molecule has 2 N–H and O–H groups in total. The Balaban J connectivity index is 1.22. The molecule has 4 aliphatic rings. The molecule has 8 nitrogen and oxygen atoms in total. The molecule has 45 heavy (non-hydrogen) atoms. The van der Waals surface area contributed by atoms with Gasteiger partial charge in [0.25, 0.3) is 0 Å². The number of morpholine rings is 1. The minimum Gasteiger partial charge on any atom is -0.508 e. The van der Waals surface area contributed by atoms with Crippen molar-refractivity contribution >= 4 is 39.1 Å². The third kappa shape index (κ3) is 5.34. The van der Waals surface area contributed by atoms with Gasteiger partial charge in [-0.05, 0) is 60.9 Å². The molecule has 4 aromatic rings. The van der Waals surface area contributed by atoms with Crippen LogP contribution in [0.3, 0.4) is 0 Å². The number of halogens is 2. The summed E-state index contributed by atoms with van der Waals surface area (Å²) in [6.45, 7) is 6.35. The van der Waals surface area contributed by atoms with E-state index in [0.29, 0.717) is 56.8 Å². The van der Waals surface area contributed by atoms with Gasteiger partial charge in [0.05, 0.1) is 30.4 Å². The highest BCUT2D eigenvalue weighted by atomic mass is 35.5. The van der Waals surface area contributed by atoms with Gasteiger partial charge in [0, 0.05) is 66.6 Å². The highest BCUT2D eigenvalue weighted by molar-refractivity contribution is 6.33. The van der Waals surface area contributed by atoms with Gasteiger partial charge < -0.3 is 24.8 Å². The predicted octanol–water partition coefficient (Wildman–Crippen LogP) is 5.36. The Morgan fingerprint density at radius 3 is 2.60 bits per heavy atom. The molecule has 8 rings (SSSR count). The van der Waals surface area contributed by atoms with Crippen molar-refractivity contribution in [3.8, 4) is 35.2 Å². The van der Waals surface area contributed by atoms with Crippen LogP contribution in [0.25, 0.3) is 32.8 Å². The molecule has 1 aliphatic carbocycles. The molecule has 10 heteroatoms. The highest BCUT2D eigenvalue weighted by Gasteiger charge is 2.45. The van der Waals surface area contributed by atoms with Gasteiger partial charge >= 0.3 is 6.01 Å². The molecule has 0 amide bonds. The second-order valence-corrected chi connectivity index (χ2v) is 13.4. The fraction of sp³-hybridized carbons (Fsp3) is 0.429. The SMILES string of the molecule is C#Cc1c(Cl)ccc2cc(O)cc(-c3ccc4c(N5CC6CCC(C5)N6)nc(OCC5(CN6CCOCC6)CC5)nc4c3F)c12. The Morgan fingerprint density at radius 1 is 1.09 bits per heavy atom. The summed E-state index contributed by atoms with van der Waals surface area (Å²) in [5, 5.41) is 16.6. The number of fused-ring (bicyclic) bond motifs is 4. The zero-order valence-electron chi connectivity index (χ0n) is 25.0. The topological polar surface area (TPSA) is 83.0 Å². The van der Waals surface area contributed by atoms with Crippen LogP contribution in [-0.4, -0.2) is 84.6 Å². The third-order valence-electron chi connectivity index (χ3n) is 9.90. The van der Waals surface area contributed by atoms with Gasteiger partial charge in [0.15, 0.2) is 5.82 Å². The summed E-state index contributed by atoms with van der Waals surface area (Å²) in [6.07, 6.45) is 10.2. The van der Waals surface area contributed by atoms with Crippen LogP contribution in [0.1, 0.15) is 31.2 Å². The standard InChI is InChI=1S/C35H35ClFN5O3/c1-2-25-29(36)8-3-21-15-24(43)16-28(30(21)25)26-6-7-27-32(31(26)37)39-34(40-33(27)42-17-22-4-5-23(18-42)38-22)45-20-35(9-10-35)19-41-11-13-44-14-12-41/h1,3,6-8,15-16,22-23,38,43H,4-5,9-14,17-20H2.